The second kappa shape index (κ2) is 10.1. The molecular formula is C18H24N4O3S2. The number of methoxy groups -OCH3 is 1. The summed E-state index contributed by atoms with van der Waals surface area (Å²) in [7, 11) is 5.50. The molecule has 0 unspecified atom stereocenters. The van der Waals surface area contributed by atoms with Crippen molar-refractivity contribution in [2.75, 3.05) is 24.8 Å². The molecule has 1 N–H and O–H groups in total. The van der Waals surface area contributed by atoms with E-state index in [1.165, 1.54) is 23.3 Å². The van der Waals surface area contributed by atoms with E-state index in [9.17, 15) is 9.59 Å². The van der Waals surface area contributed by atoms with Gasteiger partial charge >= 0.3 is 0 Å². The molecule has 146 valence electrons. The van der Waals surface area contributed by atoms with Gasteiger partial charge in [0.2, 0.25) is 5.91 Å². The Morgan fingerprint density at radius 2 is 2.30 bits per heavy atom. The van der Waals surface area contributed by atoms with Gasteiger partial charge in [0.1, 0.15) is 5.52 Å². The molecule has 0 saturated carbocycles. The van der Waals surface area contributed by atoms with E-state index in [1.807, 2.05) is 21.6 Å². The van der Waals surface area contributed by atoms with Crippen molar-refractivity contribution < 1.29 is 9.53 Å². The lowest BCUT2D eigenvalue weighted by Gasteiger charge is -2.09. The number of rotatable bonds is 9. The maximum Gasteiger partial charge on any atom is 0.277 e. The van der Waals surface area contributed by atoms with E-state index in [0.717, 1.165) is 18.1 Å². The highest BCUT2D eigenvalue weighted by Gasteiger charge is 2.16. The van der Waals surface area contributed by atoms with E-state index in [4.69, 9.17) is 4.74 Å². The first-order chi connectivity index (χ1) is 13.2. The molecule has 27 heavy (non-hydrogen) atoms. The maximum absolute atomic E-state index is 12.5. The predicted octanol–water partition coefficient (Wildman–Crippen LogP) is 3.09. The van der Waals surface area contributed by atoms with Crippen LogP contribution in [-0.2, 0) is 16.1 Å². The second-order valence-electron chi connectivity index (χ2n) is 6.47. The van der Waals surface area contributed by atoms with Crippen LogP contribution >= 0.6 is 21.6 Å². The van der Waals surface area contributed by atoms with Crippen molar-refractivity contribution in [1.82, 2.24) is 15.0 Å². The van der Waals surface area contributed by atoms with Crippen LogP contribution in [0.2, 0.25) is 0 Å². The molecule has 7 nitrogen and oxygen atoms in total. The molecule has 1 aromatic heterocycles. The molecule has 1 aromatic carbocycles. The van der Waals surface area contributed by atoms with Gasteiger partial charge in [0, 0.05) is 30.2 Å². The summed E-state index contributed by atoms with van der Waals surface area (Å²) in [6, 6.07) is 5.12. The lowest BCUT2D eigenvalue weighted by atomic mass is 10.1. The zero-order valence-corrected chi connectivity index (χ0v) is 17.0. The average molecular weight is 409 g/mol. The van der Waals surface area contributed by atoms with Crippen molar-refractivity contribution in [3.8, 4) is 0 Å². The van der Waals surface area contributed by atoms with Gasteiger partial charge in [0.05, 0.1) is 18.5 Å². The van der Waals surface area contributed by atoms with E-state index in [0.29, 0.717) is 36.2 Å². The van der Waals surface area contributed by atoms with Gasteiger partial charge in [-0.2, -0.15) is 0 Å². The van der Waals surface area contributed by atoms with Crippen LogP contribution in [0, 0.1) is 0 Å². The SMILES string of the molecule is COCCn1nnc2ccc(NC(=O)CCCC[C@@H]3CCSS3)cc2c1=O. The standard InChI is InChI=1S/C18H24N4O3S2/c1-25-10-9-22-18(24)15-12-13(6-7-16(15)20-21-22)19-17(23)5-3-2-4-14-8-11-26-27-14/h6-7,12,14H,2-5,8-11H2,1H3,(H,19,23)/t14-/m1/s1. The number of amides is 1. The molecule has 0 aliphatic carbocycles. The summed E-state index contributed by atoms with van der Waals surface area (Å²) < 4.78 is 6.26. The predicted molar refractivity (Wildman–Crippen MR) is 111 cm³/mol. The minimum Gasteiger partial charge on any atom is -0.383 e. The van der Waals surface area contributed by atoms with E-state index >= 15 is 0 Å². The fourth-order valence-electron chi connectivity index (χ4n) is 2.92. The first-order valence-corrected chi connectivity index (χ1v) is 11.5. The molecule has 1 aliphatic rings. The highest BCUT2D eigenvalue weighted by molar-refractivity contribution is 8.77. The molecule has 1 fully saturated rings. The topological polar surface area (TPSA) is 86.1 Å². The van der Waals surface area contributed by atoms with Crippen LogP contribution in [0.1, 0.15) is 32.1 Å². The van der Waals surface area contributed by atoms with Crippen molar-refractivity contribution in [2.45, 2.75) is 43.9 Å². The summed E-state index contributed by atoms with van der Waals surface area (Å²) in [6.45, 7) is 0.723. The Balaban J connectivity index is 1.56. The summed E-state index contributed by atoms with van der Waals surface area (Å²) in [5.41, 5.74) is 0.886. The van der Waals surface area contributed by atoms with Crippen LogP contribution in [0.4, 0.5) is 5.69 Å². The van der Waals surface area contributed by atoms with Crippen molar-refractivity contribution in [3.05, 3.63) is 28.6 Å². The Labute approximate surface area is 166 Å². The molecular weight excluding hydrogens is 384 g/mol. The second-order valence-corrected chi connectivity index (χ2v) is 9.25. The van der Waals surface area contributed by atoms with Crippen molar-refractivity contribution in [2.24, 2.45) is 0 Å². The summed E-state index contributed by atoms with van der Waals surface area (Å²) in [4.78, 5) is 24.7. The molecule has 1 saturated heterocycles. The fraction of sp³-hybridized carbons (Fsp3) is 0.556. The lowest BCUT2D eigenvalue weighted by Crippen LogP contribution is -2.26. The van der Waals surface area contributed by atoms with E-state index < -0.39 is 0 Å². The fourth-order valence-corrected chi connectivity index (χ4v) is 5.95. The zero-order valence-electron chi connectivity index (χ0n) is 15.3. The smallest absolute Gasteiger partial charge is 0.277 e. The van der Waals surface area contributed by atoms with Gasteiger partial charge in [-0.15, -0.1) is 5.10 Å². The quantitative estimate of drug-likeness (QED) is 0.504. The first-order valence-electron chi connectivity index (χ1n) is 9.12. The molecule has 2 aromatic rings. The third kappa shape index (κ3) is 5.70. The van der Waals surface area contributed by atoms with Gasteiger partial charge in [-0.3, -0.25) is 9.59 Å². The normalized spacial score (nSPS) is 16.7. The number of nitrogens with zero attached hydrogens (tertiary/aromatic N) is 3. The molecule has 0 bridgehead atoms. The Morgan fingerprint density at radius 1 is 1.41 bits per heavy atom. The number of hydrogen-bond acceptors (Lipinski definition) is 7. The number of anilines is 1. The minimum atomic E-state index is -0.236. The van der Waals surface area contributed by atoms with Crippen LogP contribution in [0.25, 0.3) is 10.9 Å². The van der Waals surface area contributed by atoms with E-state index in [1.54, 1.807) is 25.3 Å². The number of carbonyl (C=O) groups is 1. The summed E-state index contributed by atoms with van der Waals surface area (Å²) in [6.07, 6.45) is 4.92. The Morgan fingerprint density at radius 3 is 3.07 bits per heavy atom. The van der Waals surface area contributed by atoms with Crippen molar-refractivity contribution in [1.29, 1.82) is 0 Å². The number of ether oxygens (including phenoxy) is 1. The zero-order chi connectivity index (χ0) is 19.1. The molecule has 9 heteroatoms. The van der Waals surface area contributed by atoms with Gasteiger partial charge in [-0.05, 0) is 37.5 Å². The van der Waals surface area contributed by atoms with Crippen LogP contribution in [0.15, 0.2) is 23.0 Å². The highest BCUT2D eigenvalue weighted by atomic mass is 33.1. The number of aromatic nitrogens is 3. The largest absolute Gasteiger partial charge is 0.383 e. The van der Waals surface area contributed by atoms with Gasteiger partial charge in [-0.25, -0.2) is 4.68 Å². The highest BCUT2D eigenvalue weighted by Crippen LogP contribution is 2.39. The Bertz CT molecular complexity index is 837. The number of benzene rings is 1. The number of unbranched alkanes of at least 4 members (excludes halogenated alkanes) is 1. The Hall–Kier alpha value is -1.58. The monoisotopic (exact) mass is 408 g/mol. The third-order valence-corrected chi connectivity index (χ3v) is 7.43. The summed E-state index contributed by atoms with van der Waals surface area (Å²) >= 11 is 0. The lowest BCUT2D eigenvalue weighted by molar-refractivity contribution is -0.116. The van der Waals surface area contributed by atoms with E-state index in [2.05, 4.69) is 15.6 Å². The van der Waals surface area contributed by atoms with Crippen LogP contribution in [0.3, 0.4) is 0 Å². The van der Waals surface area contributed by atoms with Gasteiger partial charge in [-0.1, -0.05) is 33.2 Å². The molecule has 1 aliphatic heterocycles. The molecule has 0 spiro atoms. The van der Waals surface area contributed by atoms with Crippen molar-refractivity contribution in [3.63, 3.8) is 0 Å². The van der Waals surface area contributed by atoms with Crippen LogP contribution < -0.4 is 10.9 Å². The Kier molecular flexibility index (Phi) is 7.54. The first kappa shape index (κ1) is 20.2. The number of fused-ring (bicyclic) bond motifs is 1. The van der Waals surface area contributed by atoms with Crippen molar-refractivity contribution >= 4 is 44.1 Å². The number of carbonyl (C=O) groups excluding carboxylic acids is 1. The molecule has 2 heterocycles. The van der Waals surface area contributed by atoms with Gasteiger partial charge in [0.25, 0.3) is 5.56 Å². The molecule has 1 amide bonds. The number of nitrogens with one attached hydrogen (secondary N) is 1. The molecule has 0 radical (unpaired) electrons. The van der Waals surface area contributed by atoms with Gasteiger partial charge < -0.3 is 10.1 Å². The summed E-state index contributed by atoms with van der Waals surface area (Å²) in [5, 5.41) is 12.0. The summed E-state index contributed by atoms with van der Waals surface area (Å²) in [5.74, 6) is 1.22. The maximum atomic E-state index is 12.5. The van der Waals surface area contributed by atoms with E-state index in [-0.39, 0.29) is 11.5 Å². The van der Waals surface area contributed by atoms with Crippen LogP contribution in [0.5, 0.6) is 0 Å². The van der Waals surface area contributed by atoms with Gasteiger partial charge in [0.15, 0.2) is 0 Å². The molecule has 3 rings (SSSR count). The molecule has 1 atom stereocenters. The minimum absolute atomic E-state index is 0.0236. The average Bonchev–Trinajstić information content (AvgIpc) is 3.19. The van der Waals surface area contributed by atoms with Crippen LogP contribution in [-0.4, -0.2) is 45.6 Å². The third-order valence-electron chi connectivity index (χ3n) is 4.42. The number of hydrogen-bond donors (Lipinski definition) is 1.